The van der Waals surface area contributed by atoms with Crippen molar-refractivity contribution in [2.75, 3.05) is 0 Å². The molecule has 3 rings (SSSR count). The van der Waals surface area contributed by atoms with Crippen molar-refractivity contribution in [3.63, 3.8) is 0 Å². The van der Waals surface area contributed by atoms with E-state index >= 15 is 0 Å². The van der Waals surface area contributed by atoms with Gasteiger partial charge in [-0.1, -0.05) is 30.2 Å². The van der Waals surface area contributed by atoms with Crippen molar-refractivity contribution in [2.24, 2.45) is 5.41 Å². The van der Waals surface area contributed by atoms with E-state index in [9.17, 15) is 0 Å². The first-order chi connectivity index (χ1) is 6.27. The van der Waals surface area contributed by atoms with Crippen molar-refractivity contribution in [1.29, 1.82) is 0 Å². The SMILES string of the molecule is Cc1ccc2c(c1)CC1(CCC1)C2. The lowest BCUT2D eigenvalue weighted by atomic mass is 9.67. The van der Waals surface area contributed by atoms with E-state index in [0.717, 1.165) is 5.41 Å². The first kappa shape index (κ1) is 7.61. The lowest BCUT2D eigenvalue weighted by Crippen LogP contribution is -2.29. The molecule has 0 atom stereocenters. The fourth-order valence-electron chi connectivity index (χ4n) is 2.99. The highest BCUT2D eigenvalue weighted by Crippen LogP contribution is 2.51. The van der Waals surface area contributed by atoms with Crippen LogP contribution in [0.4, 0.5) is 0 Å². The average molecular weight is 172 g/mol. The number of rotatable bonds is 0. The second kappa shape index (κ2) is 2.37. The molecule has 0 saturated heterocycles. The van der Waals surface area contributed by atoms with E-state index in [1.54, 1.807) is 11.1 Å². The predicted molar refractivity (Wildman–Crippen MR) is 54.9 cm³/mol. The third-order valence-electron chi connectivity index (χ3n) is 3.91. The lowest BCUT2D eigenvalue weighted by Gasteiger charge is -2.38. The molecule has 0 heterocycles. The normalized spacial score (nSPS) is 22.8. The van der Waals surface area contributed by atoms with Crippen molar-refractivity contribution in [2.45, 2.75) is 39.0 Å². The monoisotopic (exact) mass is 172 g/mol. The predicted octanol–water partition coefficient (Wildman–Crippen LogP) is 3.26. The van der Waals surface area contributed by atoms with Crippen LogP contribution in [0.1, 0.15) is 36.0 Å². The molecule has 0 heteroatoms. The summed E-state index contributed by atoms with van der Waals surface area (Å²) in [5, 5.41) is 0. The molecular formula is C13H16. The average Bonchev–Trinajstić information content (AvgIpc) is 2.41. The van der Waals surface area contributed by atoms with Crippen LogP contribution in [0.25, 0.3) is 0 Å². The summed E-state index contributed by atoms with van der Waals surface area (Å²) in [6.07, 6.45) is 7.14. The van der Waals surface area contributed by atoms with E-state index in [1.165, 1.54) is 37.7 Å². The molecule has 1 fully saturated rings. The third-order valence-corrected chi connectivity index (χ3v) is 3.91. The number of benzene rings is 1. The Labute approximate surface area is 80.0 Å². The molecule has 0 bridgehead atoms. The minimum absolute atomic E-state index is 0.718. The summed E-state index contributed by atoms with van der Waals surface area (Å²) in [5.74, 6) is 0. The Morgan fingerprint density at radius 1 is 1.08 bits per heavy atom. The summed E-state index contributed by atoms with van der Waals surface area (Å²) in [6.45, 7) is 2.20. The van der Waals surface area contributed by atoms with Crippen LogP contribution < -0.4 is 0 Å². The van der Waals surface area contributed by atoms with Crippen LogP contribution >= 0.6 is 0 Å². The van der Waals surface area contributed by atoms with Crippen LogP contribution in [0, 0.1) is 12.3 Å². The van der Waals surface area contributed by atoms with Crippen molar-refractivity contribution in [3.8, 4) is 0 Å². The fraction of sp³-hybridized carbons (Fsp3) is 0.538. The minimum atomic E-state index is 0.718. The zero-order valence-corrected chi connectivity index (χ0v) is 8.27. The summed E-state index contributed by atoms with van der Waals surface area (Å²) in [4.78, 5) is 0. The van der Waals surface area contributed by atoms with Gasteiger partial charge in [-0.15, -0.1) is 0 Å². The molecule has 0 nitrogen and oxygen atoms in total. The second-order valence-corrected chi connectivity index (χ2v) is 4.98. The van der Waals surface area contributed by atoms with Crippen LogP contribution in [0.15, 0.2) is 18.2 Å². The van der Waals surface area contributed by atoms with Crippen molar-refractivity contribution >= 4 is 0 Å². The Bertz CT molecular complexity index is 345. The maximum Gasteiger partial charge on any atom is -0.0216 e. The molecule has 68 valence electrons. The molecule has 0 radical (unpaired) electrons. The Hall–Kier alpha value is -0.780. The van der Waals surface area contributed by atoms with E-state index in [-0.39, 0.29) is 0 Å². The molecular weight excluding hydrogens is 156 g/mol. The van der Waals surface area contributed by atoms with E-state index in [2.05, 4.69) is 25.1 Å². The summed E-state index contributed by atoms with van der Waals surface area (Å²) in [6, 6.07) is 7.00. The molecule has 0 N–H and O–H groups in total. The largest absolute Gasteiger partial charge is 0.0590 e. The molecule has 0 unspecified atom stereocenters. The van der Waals surface area contributed by atoms with E-state index < -0.39 is 0 Å². The van der Waals surface area contributed by atoms with Gasteiger partial charge >= 0.3 is 0 Å². The van der Waals surface area contributed by atoms with Gasteiger partial charge in [0.25, 0.3) is 0 Å². The van der Waals surface area contributed by atoms with Gasteiger partial charge < -0.3 is 0 Å². The standard InChI is InChI=1S/C13H16/c1-10-3-4-11-8-13(5-2-6-13)9-12(11)7-10/h3-4,7H,2,5-6,8-9H2,1H3. The van der Waals surface area contributed by atoms with Crippen LogP contribution in [0.2, 0.25) is 0 Å². The zero-order chi connectivity index (χ0) is 8.89. The quantitative estimate of drug-likeness (QED) is 0.563. The highest BCUT2D eigenvalue weighted by molar-refractivity contribution is 5.38. The van der Waals surface area contributed by atoms with Gasteiger partial charge in [0.15, 0.2) is 0 Å². The number of aryl methyl sites for hydroxylation is 1. The fourth-order valence-corrected chi connectivity index (χ4v) is 2.99. The van der Waals surface area contributed by atoms with Gasteiger partial charge in [-0.05, 0) is 49.1 Å². The van der Waals surface area contributed by atoms with Crippen molar-refractivity contribution < 1.29 is 0 Å². The van der Waals surface area contributed by atoms with Gasteiger partial charge in [-0.3, -0.25) is 0 Å². The van der Waals surface area contributed by atoms with Gasteiger partial charge in [0, 0.05) is 0 Å². The Morgan fingerprint density at radius 3 is 2.54 bits per heavy atom. The summed E-state index contributed by atoms with van der Waals surface area (Å²) < 4.78 is 0. The first-order valence-corrected chi connectivity index (χ1v) is 5.36. The van der Waals surface area contributed by atoms with Gasteiger partial charge in [-0.25, -0.2) is 0 Å². The first-order valence-electron chi connectivity index (χ1n) is 5.36. The number of hydrogen-bond acceptors (Lipinski definition) is 0. The number of hydrogen-bond donors (Lipinski definition) is 0. The molecule has 1 spiro atoms. The highest BCUT2D eigenvalue weighted by atomic mass is 14.5. The summed E-state index contributed by atoms with van der Waals surface area (Å²) >= 11 is 0. The van der Waals surface area contributed by atoms with Crippen LogP contribution in [-0.2, 0) is 12.8 Å². The van der Waals surface area contributed by atoms with Crippen molar-refractivity contribution in [1.82, 2.24) is 0 Å². The van der Waals surface area contributed by atoms with Crippen LogP contribution in [0.3, 0.4) is 0 Å². The van der Waals surface area contributed by atoms with Crippen LogP contribution in [0.5, 0.6) is 0 Å². The second-order valence-electron chi connectivity index (χ2n) is 4.98. The summed E-state index contributed by atoms with van der Waals surface area (Å²) in [5.41, 5.74) is 5.41. The Balaban J connectivity index is 1.99. The molecule has 2 aliphatic carbocycles. The zero-order valence-electron chi connectivity index (χ0n) is 8.27. The van der Waals surface area contributed by atoms with Gasteiger partial charge in [0.1, 0.15) is 0 Å². The van der Waals surface area contributed by atoms with Crippen LogP contribution in [-0.4, -0.2) is 0 Å². The highest BCUT2D eigenvalue weighted by Gasteiger charge is 2.41. The molecule has 1 aromatic rings. The molecule has 2 aliphatic rings. The number of fused-ring (bicyclic) bond motifs is 1. The molecule has 0 amide bonds. The van der Waals surface area contributed by atoms with Gasteiger partial charge in [-0.2, -0.15) is 0 Å². The van der Waals surface area contributed by atoms with E-state index in [0.29, 0.717) is 0 Å². The molecule has 1 saturated carbocycles. The smallest absolute Gasteiger partial charge is 0.0216 e. The van der Waals surface area contributed by atoms with Gasteiger partial charge in [0.2, 0.25) is 0 Å². The minimum Gasteiger partial charge on any atom is -0.0590 e. The maximum absolute atomic E-state index is 2.39. The topological polar surface area (TPSA) is 0 Å². The maximum atomic E-state index is 2.39. The Kier molecular flexibility index (Phi) is 1.39. The van der Waals surface area contributed by atoms with Crippen molar-refractivity contribution in [3.05, 3.63) is 34.9 Å². The Morgan fingerprint density at radius 2 is 1.85 bits per heavy atom. The molecule has 0 aliphatic heterocycles. The summed E-state index contributed by atoms with van der Waals surface area (Å²) in [7, 11) is 0. The molecule has 1 aromatic carbocycles. The van der Waals surface area contributed by atoms with Gasteiger partial charge in [0.05, 0.1) is 0 Å². The lowest BCUT2D eigenvalue weighted by molar-refractivity contribution is 0.149. The van der Waals surface area contributed by atoms with E-state index in [4.69, 9.17) is 0 Å². The third kappa shape index (κ3) is 1.04. The molecule has 13 heavy (non-hydrogen) atoms. The van der Waals surface area contributed by atoms with E-state index in [1.807, 2.05) is 0 Å². The molecule has 0 aromatic heterocycles.